The summed E-state index contributed by atoms with van der Waals surface area (Å²) in [6.07, 6.45) is 0. The van der Waals surface area contributed by atoms with E-state index < -0.39 is 5.41 Å². The summed E-state index contributed by atoms with van der Waals surface area (Å²) in [6.45, 7) is 0. The second kappa shape index (κ2) is 14.3. The monoisotopic (exact) mass is 817 g/mol. The largest absolute Gasteiger partial charge is 0.449 e. The average Bonchev–Trinajstić information content (AvgIpc) is 3.85. The number of fused-ring (bicyclic) bond motifs is 13. The van der Waals surface area contributed by atoms with Crippen LogP contribution < -0.4 is 14.4 Å². The number of rotatable bonds is 6. The maximum absolute atomic E-state index is 7.38. The maximum atomic E-state index is 7.38. The predicted molar refractivity (Wildman–Crippen MR) is 260 cm³/mol. The van der Waals surface area contributed by atoms with E-state index in [0.717, 1.165) is 50.6 Å². The Balaban J connectivity index is 0.946. The second-order valence-corrected chi connectivity index (χ2v) is 16.7. The van der Waals surface area contributed by atoms with Gasteiger partial charge in [0, 0.05) is 16.9 Å². The van der Waals surface area contributed by atoms with Gasteiger partial charge < -0.3 is 14.4 Å². The first-order chi connectivity index (χ1) is 31.7. The number of anilines is 3. The van der Waals surface area contributed by atoms with Gasteiger partial charge in [-0.25, -0.2) is 0 Å². The van der Waals surface area contributed by atoms with Crippen LogP contribution in [-0.4, -0.2) is 0 Å². The van der Waals surface area contributed by atoms with Gasteiger partial charge in [-0.1, -0.05) is 194 Å². The van der Waals surface area contributed by atoms with Gasteiger partial charge >= 0.3 is 0 Å². The zero-order chi connectivity index (χ0) is 42.2. The SMILES string of the molecule is c1ccc(-c2ccc(-c3ccc(N(c4ccc(-c5ccccc5)cc4)c4cccc5c4Oc4c(ccc6c4-c4ccccc4C64c6ccccc6-c6ccccc64)O5)cc3)cc2)cc1. The third-order valence-electron chi connectivity index (χ3n) is 13.4. The molecule has 2 aliphatic carbocycles. The summed E-state index contributed by atoms with van der Waals surface area (Å²) < 4.78 is 14.3. The Kier molecular flexibility index (Phi) is 8.13. The molecule has 0 atom stereocenters. The van der Waals surface area contributed by atoms with Crippen LogP contribution in [0, 0.1) is 0 Å². The van der Waals surface area contributed by atoms with Gasteiger partial charge in [-0.15, -0.1) is 0 Å². The fourth-order valence-electron chi connectivity index (χ4n) is 10.5. The molecule has 13 rings (SSSR count). The highest BCUT2D eigenvalue weighted by Gasteiger charge is 2.53. The maximum Gasteiger partial charge on any atom is 0.194 e. The summed E-state index contributed by atoms with van der Waals surface area (Å²) in [6, 6.07) is 84.6. The molecule has 0 unspecified atom stereocenters. The summed E-state index contributed by atoms with van der Waals surface area (Å²) in [5.41, 5.74) is 19.3. The van der Waals surface area contributed by atoms with E-state index in [1.54, 1.807) is 0 Å². The van der Waals surface area contributed by atoms with Gasteiger partial charge in [0.1, 0.15) is 0 Å². The molecule has 0 bridgehead atoms. The summed E-state index contributed by atoms with van der Waals surface area (Å²) in [4.78, 5) is 2.28. The van der Waals surface area contributed by atoms with Gasteiger partial charge in [0.25, 0.3) is 0 Å². The standard InChI is InChI=1S/C61H39NO2/c1-3-14-40(15-4-1)42-26-28-43(29-27-42)45-32-36-47(37-33-45)62(46-34-30-44(31-35-46)41-16-5-2-6-17-41)55-24-13-25-56-59(55)64-60-57(63-56)39-38-54-58(60)50-20-9-12-23-53(50)61(54)51-21-10-7-18-48(51)49-19-8-11-22-52(49)61/h1-39H. The van der Waals surface area contributed by atoms with Gasteiger partial charge in [-0.05, 0) is 115 Å². The lowest BCUT2D eigenvalue weighted by Gasteiger charge is -2.32. The molecule has 3 heteroatoms. The van der Waals surface area contributed by atoms with Crippen molar-refractivity contribution < 1.29 is 9.47 Å². The number of ether oxygens (including phenoxy) is 2. The number of hydrogen-bond acceptors (Lipinski definition) is 3. The molecule has 1 heterocycles. The van der Waals surface area contributed by atoms with Crippen LogP contribution in [0.3, 0.4) is 0 Å². The highest BCUT2D eigenvalue weighted by atomic mass is 16.6. The average molecular weight is 818 g/mol. The Bertz CT molecular complexity index is 3370. The summed E-state index contributed by atoms with van der Waals surface area (Å²) in [7, 11) is 0. The topological polar surface area (TPSA) is 21.7 Å². The minimum Gasteiger partial charge on any atom is -0.449 e. The number of benzene rings is 10. The molecule has 0 N–H and O–H groups in total. The quantitative estimate of drug-likeness (QED) is 0.167. The molecule has 64 heavy (non-hydrogen) atoms. The number of hydrogen-bond donors (Lipinski definition) is 0. The van der Waals surface area contributed by atoms with Crippen LogP contribution in [0.15, 0.2) is 237 Å². The van der Waals surface area contributed by atoms with Crippen molar-refractivity contribution in [1.29, 1.82) is 0 Å². The van der Waals surface area contributed by atoms with Gasteiger partial charge in [-0.2, -0.15) is 0 Å². The predicted octanol–water partition coefficient (Wildman–Crippen LogP) is 16.4. The lowest BCUT2D eigenvalue weighted by molar-refractivity contribution is 0.361. The van der Waals surface area contributed by atoms with Crippen molar-refractivity contribution in [2.45, 2.75) is 5.41 Å². The van der Waals surface area contributed by atoms with Gasteiger partial charge in [0.15, 0.2) is 23.0 Å². The first kappa shape index (κ1) is 36.3. The highest BCUT2D eigenvalue weighted by molar-refractivity contribution is 5.98. The van der Waals surface area contributed by atoms with E-state index in [-0.39, 0.29) is 0 Å². The minimum atomic E-state index is -0.493. The Labute approximate surface area is 372 Å². The molecule has 0 fully saturated rings. The fourth-order valence-corrected chi connectivity index (χ4v) is 10.5. The first-order valence-electron chi connectivity index (χ1n) is 21.9. The summed E-state index contributed by atoms with van der Waals surface area (Å²) in [5.74, 6) is 2.78. The van der Waals surface area contributed by atoms with Crippen molar-refractivity contribution in [2.75, 3.05) is 4.90 Å². The Morgan fingerprint density at radius 3 is 1.23 bits per heavy atom. The van der Waals surface area contributed by atoms with Crippen LogP contribution in [0.4, 0.5) is 17.1 Å². The minimum absolute atomic E-state index is 0.493. The zero-order valence-electron chi connectivity index (χ0n) is 34.8. The molecule has 3 nitrogen and oxygen atoms in total. The van der Waals surface area contributed by atoms with Crippen molar-refractivity contribution in [3.05, 3.63) is 259 Å². The molecule has 300 valence electrons. The van der Waals surface area contributed by atoms with Gasteiger partial charge in [0.2, 0.25) is 0 Å². The van der Waals surface area contributed by atoms with E-state index in [0.29, 0.717) is 17.2 Å². The molecule has 3 aliphatic rings. The van der Waals surface area contributed by atoms with Gasteiger partial charge in [0.05, 0.1) is 11.1 Å². The first-order valence-corrected chi connectivity index (χ1v) is 21.9. The molecule has 0 amide bonds. The molecule has 0 saturated heterocycles. The highest BCUT2D eigenvalue weighted by Crippen LogP contribution is 2.67. The van der Waals surface area contributed by atoms with E-state index in [1.165, 1.54) is 50.1 Å². The Morgan fingerprint density at radius 2 is 0.703 bits per heavy atom. The normalized spacial score (nSPS) is 13.1. The van der Waals surface area contributed by atoms with E-state index in [1.807, 2.05) is 6.07 Å². The van der Waals surface area contributed by atoms with Crippen molar-refractivity contribution in [3.63, 3.8) is 0 Å². The lowest BCUT2D eigenvalue weighted by atomic mass is 9.70. The van der Waals surface area contributed by atoms with Crippen molar-refractivity contribution in [2.24, 2.45) is 0 Å². The number of nitrogens with zero attached hydrogens (tertiary/aromatic N) is 1. The molecule has 0 aromatic heterocycles. The van der Waals surface area contributed by atoms with E-state index in [9.17, 15) is 0 Å². The summed E-state index contributed by atoms with van der Waals surface area (Å²) in [5, 5.41) is 0. The molecular formula is C61H39NO2. The Hall–Kier alpha value is -8.40. The van der Waals surface area contributed by atoms with E-state index >= 15 is 0 Å². The van der Waals surface area contributed by atoms with Crippen LogP contribution in [0.2, 0.25) is 0 Å². The zero-order valence-corrected chi connectivity index (χ0v) is 34.8. The number of para-hydroxylation sites is 1. The molecule has 10 aromatic rings. The van der Waals surface area contributed by atoms with Crippen molar-refractivity contribution in [3.8, 4) is 78.6 Å². The molecular weight excluding hydrogens is 779 g/mol. The second-order valence-electron chi connectivity index (χ2n) is 16.7. The van der Waals surface area contributed by atoms with Crippen molar-refractivity contribution >= 4 is 17.1 Å². The molecule has 1 aliphatic heterocycles. The van der Waals surface area contributed by atoms with Gasteiger partial charge in [-0.3, -0.25) is 0 Å². The molecule has 0 radical (unpaired) electrons. The lowest BCUT2D eigenvalue weighted by Crippen LogP contribution is -2.25. The third kappa shape index (κ3) is 5.41. The fraction of sp³-hybridized carbons (Fsp3) is 0.0164. The molecule has 1 spiro atoms. The van der Waals surface area contributed by atoms with Crippen molar-refractivity contribution in [1.82, 2.24) is 0 Å². The smallest absolute Gasteiger partial charge is 0.194 e. The molecule has 0 saturated carbocycles. The van der Waals surface area contributed by atoms with E-state index in [4.69, 9.17) is 9.47 Å². The van der Waals surface area contributed by atoms with Crippen LogP contribution in [-0.2, 0) is 5.41 Å². The van der Waals surface area contributed by atoms with Crippen LogP contribution in [0.25, 0.3) is 55.6 Å². The van der Waals surface area contributed by atoms with Crippen LogP contribution in [0.1, 0.15) is 22.3 Å². The third-order valence-corrected chi connectivity index (χ3v) is 13.4. The Morgan fingerprint density at radius 1 is 0.281 bits per heavy atom. The van der Waals surface area contributed by atoms with Crippen LogP contribution in [0.5, 0.6) is 23.0 Å². The van der Waals surface area contributed by atoms with Crippen LogP contribution >= 0.6 is 0 Å². The molecule has 10 aromatic carbocycles. The summed E-state index contributed by atoms with van der Waals surface area (Å²) >= 11 is 0. The van der Waals surface area contributed by atoms with E-state index in [2.05, 4.69) is 235 Å².